The molecular weight excluding hydrogens is 211 g/mol. The Morgan fingerprint density at radius 3 is 2.36 bits per heavy atom. The van der Waals surface area contributed by atoms with Gasteiger partial charge in [0.05, 0.1) is 6.54 Å². The van der Waals surface area contributed by atoms with Crippen LogP contribution in [0.4, 0.5) is 22.0 Å². The van der Waals surface area contributed by atoms with Crippen LogP contribution in [0.3, 0.4) is 0 Å². The Kier molecular flexibility index (Phi) is 2.66. The predicted octanol–water partition coefficient (Wildman–Crippen LogP) is 0.272. The Balaban J connectivity index is 2.57. The monoisotopic (exact) mass is 218 g/mol. The molecule has 1 atom stereocenters. The van der Waals surface area contributed by atoms with Crippen LogP contribution in [0.1, 0.15) is 0 Å². The molecule has 0 aromatic carbocycles. The van der Waals surface area contributed by atoms with E-state index in [0.29, 0.717) is 0 Å². The fourth-order valence-electron chi connectivity index (χ4n) is 1.05. The zero-order valence-electron chi connectivity index (χ0n) is 6.79. The van der Waals surface area contributed by atoms with Crippen molar-refractivity contribution in [3.05, 3.63) is 0 Å². The van der Waals surface area contributed by atoms with Crippen molar-refractivity contribution in [1.82, 2.24) is 10.6 Å². The van der Waals surface area contributed by atoms with Crippen LogP contribution < -0.4 is 10.6 Å². The number of amides is 1. The van der Waals surface area contributed by atoms with E-state index in [1.54, 1.807) is 0 Å². The highest BCUT2D eigenvalue weighted by atomic mass is 19.4. The molecule has 0 aromatic rings. The lowest BCUT2D eigenvalue weighted by Crippen LogP contribution is -2.50. The van der Waals surface area contributed by atoms with Gasteiger partial charge in [0, 0.05) is 6.54 Å². The maximum Gasteiger partial charge on any atom is 0.471 e. The molecule has 1 aliphatic rings. The molecule has 1 fully saturated rings. The third kappa shape index (κ3) is 2.31. The molecule has 1 saturated heterocycles. The van der Waals surface area contributed by atoms with E-state index in [1.165, 1.54) is 5.32 Å². The van der Waals surface area contributed by atoms with Gasteiger partial charge in [0.25, 0.3) is 5.92 Å². The van der Waals surface area contributed by atoms with Crippen molar-refractivity contribution in [2.45, 2.75) is 18.1 Å². The normalized spacial score (nSPS) is 26.2. The van der Waals surface area contributed by atoms with Crippen molar-refractivity contribution in [2.24, 2.45) is 0 Å². The highest BCUT2D eigenvalue weighted by Gasteiger charge is 2.48. The summed E-state index contributed by atoms with van der Waals surface area (Å²) < 4.78 is 60.5. The van der Waals surface area contributed by atoms with Gasteiger partial charge in [0.1, 0.15) is 6.04 Å². The second kappa shape index (κ2) is 3.34. The maximum atomic E-state index is 12.7. The molecule has 1 rings (SSSR count). The fourth-order valence-corrected chi connectivity index (χ4v) is 1.05. The number of alkyl halides is 5. The lowest BCUT2D eigenvalue weighted by molar-refractivity contribution is -0.176. The molecule has 14 heavy (non-hydrogen) atoms. The van der Waals surface area contributed by atoms with Gasteiger partial charge < -0.3 is 10.6 Å². The van der Waals surface area contributed by atoms with Crippen molar-refractivity contribution in [3.63, 3.8) is 0 Å². The van der Waals surface area contributed by atoms with E-state index < -0.39 is 30.6 Å². The van der Waals surface area contributed by atoms with Gasteiger partial charge in [-0.1, -0.05) is 0 Å². The van der Waals surface area contributed by atoms with Gasteiger partial charge in [-0.05, 0) is 0 Å². The molecule has 0 spiro atoms. The zero-order valence-corrected chi connectivity index (χ0v) is 6.79. The van der Waals surface area contributed by atoms with Crippen molar-refractivity contribution < 1.29 is 26.7 Å². The summed E-state index contributed by atoms with van der Waals surface area (Å²) >= 11 is 0. The second-order valence-corrected chi connectivity index (χ2v) is 2.92. The topological polar surface area (TPSA) is 41.1 Å². The SMILES string of the molecule is O=C(NC1CNCC1(F)F)C(F)(F)F. The summed E-state index contributed by atoms with van der Waals surface area (Å²) in [7, 11) is 0. The number of carbonyl (C=O) groups excluding carboxylic acids is 1. The van der Waals surface area contributed by atoms with E-state index in [0.717, 1.165) is 0 Å². The standard InChI is InChI=1S/C6H7F5N2O/c7-5(8)2-12-1-3(5)13-4(14)6(9,10)11/h3,12H,1-2H2,(H,13,14). The first-order valence-electron chi connectivity index (χ1n) is 3.70. The largest absolute Gasteiger partial charge is 0.471 e. The molecule has 1 aliphatic heterocycles. The zero-order chi connectivity index (χ0) is 11.0. The van der Waals surface area contributed by atoms with E-state index in [9.17, 15) is 26.7 Å². The van der Waals surface area contributed by atoms with Gasteiger partial charge in [0.15, 0.2) is 0 Å². The van der Waals surface area contributed by atoms with Gasteiger partial charge in [-0.3, -0.25) is 4.79 Å². The van der Waals surface area contributed by atoms with E-state index in [-0.39, 0.29) is 6.54 Å². The van der Waals surface area contributed by atoms with Crippen LogP contribution in [0.25, 0.3) is 0 Å². The van der Waals surface area contributed by atoms with Gasteiger partial charge in [0.2, 0.25) is 0 Å². The number of hydrogen-bond acceptors (Lipinski definition) is 2. The predicted molar refractivity (Wildman–Crippen MR) is 35.8 cm³/mol. The average Bonchev–Trinajstić information content (AvgIpc) is 2.29. The van der Waals surface area contributed by atoms with Crippen LogP contribution in [0.5, 0.6) is 0 Å². The summed E-state index contributed by atoms with van der Waals surface area (Å²) in [6.45, 7) is -1.09. The maximum absolute atomic E-state index is 12.7. The number of nitrogens with one attached hydrogen (secondary N) is 2. The first-order chi connectivity index (χ1) is 6.23. The lowest BCUT2D eigenvalue weighted by atomic mass is 10.2. The minimum atomic E-state index is -5.13. The quantitative estimate of drug-likeness (QED) is 0.620. The molecule has 0 aliphatic carbocycles. The first kappa shape index (κ1) is 11.2. The number of rotatable bonds is 1. The second-order valence-electron chi connectivity index (χ2n) is 2.92. The number of hydrogen-bond donors (Lipinski definition) is 2. The summed E-state index contributed by atoms with van der Waals surface area (Å²) in [4.78, 5) is 10.3. The summed E-state index contributed by atoms with van der Waals surface area (Å²) in [6.07, 6.45) is -5.13. The smallest absolute Gasteiger partial charge is 0.338 e. The Morgan fingerprint density at radius 1 is 1.43 bits per heavy atom. The summed E-state index contributed by atoms with van der Waals surface area (Å²) in [5.74, 6) is -5.67. The number of halogens is 5. The molecule has 1 amide bonds. The summed E-state index contributed by atoms with van der Waals surface area (Å²) in [5, 5.41) is 3.42. The Bertz CT molecular complexity index is 239. The molecule has 1 heterocycles. The van der Waals surface area contributed by atoms with Gasteiger partial charge >= 0.3 is 12.1 Å². The Hall–Kier alpha value is -0.920. The third-order valence-corrected chi connectivity index (χ3v) is 1.78. The molecule has 0 radical (unpaired) electrons. The van der Waals surface area contributed by atoms with Gasteiger partial charge in [-0.25, -0.2) is 8.78 Å². The highest BCUT2D eigenvalue weighted by Crippen LogP contribution is 2.23. The van der Waals surface area contributed by atoms with Crippen LogP contribution in [-0.4, -0.2) is 37.1 Å². The van der Waals surface area contributed by atoms with Crippen LogP contribution in [-0.2, 0) is 4.79 Å². The lowest BCUT2D eigenvalue weighted by Gasteiger charge is -2.19. The minimum Gasteiger partial charge on any atom is -0.338 e. The molecule has 3 nitrogen and oxygen atoms in total. The van der Waals surface area contributed by atoms with Crippen molar-refractivity contribution in [1.29, 1.82) is 0 Å². The molecule has 0 bridgehead atoms. The molecule has 1 unspecified atom stereocenters. The van der Waals surface area contributed by atoms with E-state index >= 15 is 0 Å². The van der Waals surface area contributed by atoms with Crippen molar-refractivity contribution in [2.75, 3.05) is 13.1 Å². The first-order valence-corrected chi connectivity index (χ1v) is 3.70. The summed E-state index contributed by atoms with van der Waals surface area (Å²) in [5.41, 5.74) is 0. The third-order valence-electron chi connectivity index (χ3n) is 1.78. The van der Waals surface area contributed by atoms with E-state index in [4.69, 9.17) is 0 Å². The fraction of sp³-hybridized carbons (Fsp3) is 0.833. The molecule has 0 saturated carbocycles. The van der Waals surface area contributed by atoms with Crippen molar-refractivity contribution >= 4 is 5.91 Å². The van der Waals surface area contributed by atoms with Crippen LogP contribution in [0.15, 0.2) is 0 Å². The van der Waals surface area contributed by atoms with Gasteiger partial charge in [-0.15, -0.1) is 0 Å². The average molecular weight is 218 g/mol. The van der Waals surface area contributed by atoms with Crippen LogP contribution >= 0.6 is 0 Å². The molecule has 8 heteroatoms. The van der Waals surface area contributed by atoms with Crippen LogP contribution in [0, 0.1) is 0 Å². The Morgan fingerprint density at radius 2 is 2.00 bits per heavy atom. The van der Waals surface area contributed by atoms with E-state index in [2.05, 4.69) is 5.32 Å². The summed E-state index contributed by atoms with van der Waals surface area (Å²) in [6, 6.07) is -1.79. The van der Waals surface area contributed by atoms with E-state index in [1.807, 2.05) is 0 Å². The van der Waals surface area contributed by atoms with Gasteiger partial charge in [-0.2, -0.15) is 13.2 Å². The van der Waals surface area contributed by atoms with Crippen molar-refractivity contribution in [3.8, 4) is 0 Å². The molecule has 0 aromatic heterocycles. The molecular formula is C6H7F5N2O. The number of carbonyl (C=O) groups is 1. The molecule has 82 valence electrons. The Labute approximate surface area is 75.6 Å². The van der Waals surface area contributed by atoms with Crippen LogP contribution in [0.2, 0.25) is 0 Å². The highest BCUT2D eigenvalue weighted by molar-refractivity contribution is 5.82. The molecule has 2 N–H and O–H groups in total. The minimum absolute atomic E-state index is 0.366.